The summed E-state index contributed by atoms with van der Waals surface area (Å²) in [5, 5.41) is 13.7. The number of aromatic amines is 1. The lowest BCUT2D eigenvalue weighted by atomic mass is 10.1. The molecular weight excluding hydrogens is 264 g/mol. The number of benzene rings is 2. The zero-order chi connectivity index (χ0) is 14.7. The van der Waals surface area contributed by atoms with Gasteiger partial charge in [-0.2, -0.15) is 0 Å². The Labute approximate surface area is 122 Å². The van der Waals surface area contributed by atoms with Gasteiger partial charge in [-0.25, -0.2) is 0 Å². The van der Waals surface area contributed by atoms with Gasteiger partial charge in [-0.1, -0.05) is 36.4 Å². The number of aliphatic hydroxyl groups excluding tert-OH is 1. The average molecular weight is 280 g/mol. The highest BCUT2D eigenvalue weighted by Gasteiger charge is 2.13. The van der Waals surface area contributed by atoms with Gasteiger partial charge in [0, 0.05) is 29.2 Å². The van der Waals surface area contributed by atoms with Crippen LogP contribution in [0.2, 0.25) is 0 Å². The van der Waals surface area contributed by atoms with Gasteiger partial charge in [-0.05, 0) is 23.8 Å². The highest BCUT2D eigenvalue weighted by molar-refractivity contribution is 6.06. The number of H-pyrrole nitrogens is 1. The predicted molar refractivity (Wildman–Crippen MR) is 82.0 cm³/mol. The third kappa shape index (κ3) is 2.80. The molecule has 0 spiro atoms. The highest BCUT2D eigenvalue weighted by Crippen LogP contribution is 2.17. The number of fused-ring (bicyclic) bond motifs is 1. The molecule has 3 rings (SSSR count). The molecule has 0 bridgehead atoms. The van der Waals surface area contributed by atoms with E-state index in [-0.39, 0.29) is 12.5 Å². The van der Waals surface area contributed by atoms with Crippen LogP contribution in [-0.2, 0) is 0 Å². The van der Waals surface area contributed by atoms with E-state index in [1.54, 1.807) is 12.3 Å². The first-order valence-electron chi connectivity index (χ1n) is 6.83. The summed E-state index contributed by atoms with van der Waals surface area (Å²) in [6.45, 7) is 0.184. The van der Waals surface area contributed by atoms with E-state index in [0.29, 0.717) is 5.56 Å². The molecule has 0 saturated carbocycles. The Morgan fingerprint density at radius 2 is 1.90 bits per heavy atom. The van der Waals surface area contributed by atoms with Crippen LogP contribution in [0.25, 0.3) is 10.9 Å². The van der Waals surface area contributed by atoms with Crippen LogP contribution in [0.15, 0.2) is 60.8 Å². The van der Waals surface area contributed by atoms with E-state index in [9.17, 15) is 9.90 Å². The molecule has 0 fully saturated rings. The van der Waals surface area contributed by atoms with Crippen molar-refractivity contribution in [3.63, 3.8) is 0 Å². The fourth-order valence-corrected chi connectivity index (χ4v) is 2.36. The number of aromatic nitrogens is 1. The Kier molecular flexibility index (Phi) is 3.71. The van der Waals surface area contributed by atoms with Gasteiger partial charge in [0.15, 0.2) is 0 Å². The van der Waals surface area contributed by atoms with Gasteiger partial charge in [-0.15, -0.1) is 0 Å². The summed E-state index contributed by atoms with van der Waals surface area (Å²) in [7, 11) is 0. The minimum atomic E-state index is -0.708. The zero-order valence-electron chi connectivity index (χ0n) is 11.4. The summed E-state index contributed by atoms with van der Waals surface area (Å²) < 4.78 is 0. The Morgan fingerprint density at radius 3 is 2.71 bits per heavy atom. The fourth-order valence-electron chi connectivity index (χ4n) is 2.36. The van der Waals surface area contributed by atoms with Gasteiger partial charge in [0.05, 0.1) is 6.10 Å². The van der Waals surface area contributed by atoms with Crippen LogP contribution in [0, 0.1) is 0 Å². The Bertz CT molecular complexity index is 750. The summed E-state index contributed by atoms with van der Waals surface area (Å²) in [4.78, 5) is 15.3. The van der Waals surface area contributed by atoms with Crippen molar-refractivity contribution >= 4 is 16.8 Å². The second kappa shape index (κ2) is 5.81. The largest absolute Gasteiger partial charge is 0.387 e. The quantitative estimate of drug-likeness (QED) is 0.688. The predicted octanol–water partition coefficient (Wildman–Crippen LogP) is 2.63. The number of nitrogens with one attached hydrogen (secondary N) is 2. The summed E-state index contributed by atoms with van der Waals surface area (Å²) in [6, 6.07) is 16.7. The molecule has 0 aliphatic carbocycles. The number of carbonyl (C=O) groups is 1. The molecule has 3 aromatic rings. The van der Waals surface area contributed by atoms with Crippen LogP contribution in [0.5, 0.6) is 0 Å². The van der Waals surface area contributed by atoms with Crippen LogP contribution in [-0.4, -0.2) is 22.5 Å². The van der Waals surface area contributed by atoms with E-state index in [2.05, 4.69) is 10.3 Å². The van der Waals surface area contributed by atoms with Crippen LogP contribution in [0.1, 0.15) is 22.0 Å². The zero-order valence-corrected chi connectivity index (χ0v) is 11.4. The minimum Gasteiger partial charge on any atom is -0.387 e. The summed E-state index contributed by atoms with van der Waals surface area (Å²) >= 11 is 0. The normalized spacial score (nSPS) is 12.2. The van der Waals surface area contributed by atoms with Crippen molar-refractivity contribution in [2.75, 3.05) is 6.54 Å². The van der Waals surface area contributed by atoms with E-state index >= 15 is 0 Å². The van der Waals surface area contributed by atoms with Gasteiger partial charge in [0.2, 0.25) is 0 Å². The number of rotatable bonds is 4. The second-order valence-electron chi connectivity index (χ2n) is 4.88. The van der Waals surface area contributed by atoms with Crippen LogP contribution in [0.3, 0.4) is 0 Å². The molecule has 0 aliphatic rings. The molecule has 2 aromatic carbocycles. The third-order valence-corrected chi connectivity index (χ3v) is 3.48. The molecule has 0 saturated heterocycles. The first kappa shape index (κ1) is 13.4. The van der Waals surface area contributed by atoms with Crippen molar-refractivity contribution in [3.8, 4) is 0 Å². The first-order chi connectivity index (χ1) is 10.3. The topological polar surface area (TPSA) is 65.1 Å². The Balaban J connectivity index is 1.71. The second-order valence-corrected chi connectivity index (χ2v) is 4.88. The Morgan fingerprint density at radius 1 is 1.10 bits per heavy atom. The van der Waals surface area contributed by atoms with E-state index in [1.165, 1.54) is 0 Å². The van der Waals surface area contributed by atoms with Crippen LogP contribution in [0.4, 0.5) is 0 Å². The average Bonchev–Trinajstić information content (AvgIpc) is 3.01. The lowest BCUT2D eigenvalue weighted by Crippen LogP contribution is -2.28. The molecule has 106 valence electrons. The van der Waals surface area contributed by atoms with Gasteiger partial charge in [0.1, 0.15) is 0 Å². The maximum Gasteiger partial charge on any atom is 0.252 e. The van der Waals surface area contributed by atoms with Crippen LogP contribution >= 0.6 is 0 Å². The standard InChI is InChI=1S/C17H16N2O2/c20-16(12-5-2-1-3-6-12)11-19-17(21)14-7-4-8-15-13(14)9-10-18-15/h1-10,16,18,20H,11H2,(H,19,21). The minimum absolute atomic E-state index is 0.184. The summed E-state index contributed by atoms with van der Waals surface area (Å²) in [5.41, 5.74) is 2.32. The lowest BCUT2D eigenvalue weighted by molar-refractivity contribution is 0.0918. The van der Waals surface area contributed by atoms with Gasteiger partial charge < -0.3 is 15.4 Å². The number of amides is 1. The van der Waals surface area contributed by atoms with E-state index in [1.807, 2.05) is 48.5 Å². The maximum absolute atomic E-state index is 12.3. The third-order valence-electron chi connectivity index (χ3n) is 3.48. The van der Waals surface area contributed by atoms with E-state index in [4.69, 9.17) is 0 Å². The molecule has 3 N–H and O–H groups in total. The summed E-state index contributed by atoms with van der Waals surface area (Å²) in [6.07, 6.45) is 1.10. The van der Waals surface area contributed by atoms with Crippen molar-refractivity contribution in [1.29, 1.82) is 0 Å². The summed E-state index contributed by atoms with van der Waals surface area (Å²) in [5.74, 6) is -0.185. The van der Waals surface area contributed by atoms with Crippen molar-refractivity contribution in [3.05, 3.63) is 71.9 Å². The molecule has 4 nitrogen and oxygen atoms in total. The molecule has 1 amide bonds. The van der Waals surface area contributed by atoms with Gasteiger partial charge in [-0.3, -0.25) is 4.79 Å². The first-order valence-corrected chi connectivity index (χ1v) is 6.83. The number of hydrogen-bond donors (Lipinski definition) is 3. The van der Waals surface area contributed by atoms with E-state index in [0.717, 1.165) is 16.5 Å². The molecule has 0 aliphatic heterocycles. The molecule has 1 atom stereocenters. The van der Waals surface area contributed by atoms with Gasteiger partial charge >= 0.3 is 0 Å². The smallest absolute Gasteiger partial charge is 0.252 e. The fraction of sp³-hybridized carbons (Fsp3) is 0.118. The monoisotopic (exact) mass is 280 g/mol. The van der Waals surface area contributed by atoms with Crippen molar-refractivity contribution in [2.45, 2.75) is 6.10 Å². The van der Waals surface area contributed by atoms with Crippen LogP contribution < -0.4 is 5.32 Å². The molecule has 1 heterocycles. The number of carbonyl (C=O) groups excluding carboxylic acids is 1. The van der Waals surface area contributed by atoms with Crippen molar-refractivity contribution in [1.82, 2.24) is 10.3 Å². The number of aliphatic hydroxyl groups is 1. The maximum atomic E-state index is 12.3. The lowest BCUT2D eigenvalue weighted by Gasteiger charge is -2.12. The Hall–Kier alpha value is -2.59. The molecule has 4 heteroatoms. The van der Waals surface area contributed by atoms with E-state index < -0.39 is 6.10 Å². The molecular formula is C17H16N2O2. The molecule has 1 aromatic heterocycles. The molecule has 21 heavy (non-hydrogen) atoms. The highest BCUT2D eigenvalue weighted by atomic mass is 16.3. The van der Waals surface area contributed by atoms with Gasteiger partial charge in [0.25, 0.3) is 5.91 Å². The molecule has 1 unspecified atom stereocenters. The van der Waals surface area contributed by atoms with Crippen molar-refractivity contribution < 1.29 is 9.90 Å². The number of hydrogen-bond acceptors (Lipinski definition) is 2. The molecule has 0 radical (unpaired) electrons. The SMILES string of the molecule is O=C(NCC(O)c1ccccc1)c1cccc2[nH]ccc12. The van der Waals surface area contributed by atoms with Crippen molar-refractivity contribution in [2.24, 2.45) is 0 Å².